The summed E-state index contributed by atoms with van der Waals surface area (Å²) in [6, 6.07) is -2.31. The Morgan fingerprint density at radius 3 is 2.61 bits per heavy atom. The maximum atomic E-state index is 13.0. The Morgan fingerprint density at radius 1 is 1.06 bits per heavy atom. The molecular weight excluding hydrogens is 411 g/mol. The van der Waals surface area contributed by atoms with Gasteiger partial charge < -0.3 is 26.6 Å². The number of hydrogen-bond acceptors (Lipinski definition) is 5. The summed E-state index contributed by atoms with van der Waals surface area (Å²) in [6.45, 7) is 3.45. The maximum Gasteiger partial charge on any atom is 0.403 e. The molecule has 8 atom stereocenters. The Bertz CT molecular complexity index is 676. The minimum absolute atomic E-state index is 0.0363. The van der Waals surface area contributed by atoms with Crippen molar-refractivity contribution in [3.05, 3.63) is 0 Å². The Hall–Kier alpha value is -1.39. The van der Waals surface area contributed by atoms with Crippen LogP contribution in [0.5, 0.6) is 0 Å². The van der Waals surface area contributed by atoms with E-state index in [1.165, 1.54) is 0 Å². The van der Waals surface area contributed by atoms with Gasteiger partial charge in [0.15, 0.2) is 0 Å². The maximum absolute atomic E-state index is 13.0. The monoisotopic (exact) mass is 445 g/mol. The molecule has 7 nitrogen and oxygen atoms in total. The lowest BCUT2D eigenvalue weighted by Gasteiger charge is -2.48. The van der Waals surface area contributed by atoms with E-state index in [2.05, 4.69) is 26.6 Å². The van der Waals surface area contributed by atoms with Crippen LogP contribution in [0.4, 0.5) is 13.2 Å². The molecule has 5 N–H and O–H groups in total. The summed E-state index contributed by atoms with van der Waals surface area (Å²) in [5, 5.41) is 15.2. The third-order valence-electron chi connectivity index (χ3n) is 7.72. The van der Waals surface area contributed by atoms with Crippen molar-refractivity contribution in [1.82, 2.24) is 26.6 Å². The van der Waals surface area contributed by atoms with Gasteiger partial charge in [-0.05, 0) is 57.4 Å². The van der Waals surface area contributed by atoms with Crippen LogP contribution in [0.1, 0.15) is 45.4 Å². The standard InChI is InChI=1S/C21H34F3N5O2/c1-11-18(14-3-2-4-15-13(14)6-8-26-19(15)30)27-10-16(28-11)20(31)29-12-5-7-25-17(9-12)21(22,23)24/h11-18,25,27-28H,2-10H2,1H3,(H,26,30)(H,29,31). The number of nitrogens with one attached hydrogen (secondary N) is 5. The molecule has 176 valence electrons. The van der Waals surface area contributed by atoms with Gasteiger partial charge in [-0.15, -0.1) is 0 Å². The van der Waals surface area contributed by atoms with Crippen LogP contribution in [0.25, 0.3) is 0 Å². The molecule has 4 rings (SSSR count). The van der Waals surface area contributed by atoms with E-state index in [9.17, 15) is 22.8 Å². The number of halogens is 3. The molecule has 1 aliphatic carbocycles. The lowest BCUT2D eigenvalue weighted by molar-refractivity contribution is -0.162. The SMILES string of the molecule is CC1NC(C(=O)NC2CCNC(C(F)(F)F)C2)CNC1C1CCCC2C(=O)NCCC21. The molecule has 0 aromatic carbocycles. The van der Waals surface area contributed by atoms with Crippen LogP contribution in [0, 0.1) is 17.8 Å². The second-order valence-electron chi connectivity index (χ2n) is 9.66. The van der Waals surface area contributed by atoms with E-state index in [0.29, 0.717) is 24.8 Å². The highest BCUT2D eigenvalue weighted by Crippen LogP contribution is 2.41. The fourth-order valence-corrected chi connectivity index (χ4v) is 6.18. The normalized spacial score (nSPS) is 41.7. The first-order chi connectivity index (χ1) is 14.7. The number of carbonyl (C=O) groups is 2. The van der Waals surface area contributed by atoms with Crippen LogP contribution >= 0.6 is 0 Å². The van der Waals surface area contributed by atoms with Gasteiger partial charge in [0.25, 0.3) is 0 Å². The first kappa shape index (κ1) is 22.8. The summed E-state index contributed by atoms with van der Waals surface area (Å²) < 4.78 is 39.0. The molecule has 0 aromatic heterocycles. The number of alkyl halides is 3. The van der Waals surface area contributed by atoms with Gasteiger partial charge in [-0.25, -0.2) is 0 Å². The molecule has 0 spiro atoms. The lowest BCUT2D eigenvalue weighted by Crippen LogP contribution is -2.68. The van der Waals surface area contributed by atoms with Gasteiger partial charge in [-0.1, -0.05) is 6.42 Å². The van der Waals surface area contributed by atoms with Crippen molar-refractivity contribution in [3.63, 3.8) is 0 Å². The molecule has 3 heterocycles. The Labute approximate surface area is 181 Å². The quantitative estimate of drug-likeness (QED) is 0.440. The molecule has 0 bridgehead atoms. The van der Waals surface area contributed by atoms with E-state index in [1.54, 1.807) is 0 Å². The number of hydrogen-bond donors (Lipinski definition) is 5. The Balaban J connectivity index is 1.31. The fraction of sp³-hybridized carbons (Fsp3) is 0.905. The van der Waals surface area contributed by atoms with E-state index >= 15 is 0 Å². The van der Waals surface area contributed by atoms with Crippen LogP contribution in [-0.4, -0.2) is 67.8 Å². The molecular formula is C21H34F3N5O2. The average Bonchev–Trinajstić information content (AvgIpc) is 2.73. The van der Waals surface area contributed by atoms with Crippen LogP contribution in [0.2, 0.25) is 0 Å². The van der Waals surface area contributed by atoms with Gasteiger partial charge in [0.2, 0.25) is 11.8 Å². The van der Waals surface area contributed by atoms with Crippen molar-refractivity contribution < 1.29 is 22.8 Å². The molecule has 0 aromatic rings. The number of amides is 2. The molecule has 2 amide bonds. The highest BCUT2D eigenvalue weighted by atomic mass is 19.4. The van der Waals surface area contributed by atoms with E-state index in [0.717, 1.165) is 32.2 Å². The number of piperazine rings is 1. The molecule has 10 heteroatoms. The van der Waals surface area contributed by atoms with Gasteiger partial charge in [0, 0.05) is 37.1 Å². The summed E-state index contributed by atoms with van der Waals surface area (Å²) in [7, 11) is 0. The number of piperidine rings is 2. The van der Waals surface area contributed by atoms with E-state index in [-0.39, 0.29) is 42.8 Å². The van der Waals surface area contributed by atoms with Gasteiger partial charge >= 0.3 is 6.18 Å². The number of carbonyl (C=O) groups excluding carboxylic acids is 2. The zero-order chi connectivity index (χ0) is 22.2. The van der Waals surface area contributed by atoms with Gasteiger partial charge in [0.1, 0.15) is 6.04 Å². The summed E-state index contributed by atoms with van der Waals surface area (Å²) in [4.78, 5) is 25.0. The van der Waals surface area contributed by atoms with Crippen LogP contribution in [0.3, 0.4) is 0 Å². The highest BCUT2D eigenvalue weighted by molar-refractivity contribution is 5.82. The van der Waals surface area contributed by atoms with E-state index in [1.807, 2.05) is 6.92 Å². The zero-order valence-corrected chi connectivity index (χ0v) is 17.9. The van der Waals surface area contributed by atoms with Crippen molar-refractivity contribution in [2.45, 2.75) is 81.8 Å². The Morgan fingerprint density at radius 2 is 1.87 bits per heavy atom. The Kier molecular flexibility index (Phi) is 6.79. The molecule has 0 radical (unpaired) electrons. The third-order valence-corrected chi connectivity index (χ3v) is 7.72. The molecule has 4 fully saturated rings. The third kappa shape index (κ3) is 5.01. The first-order valence-electron chi connectivity index (χ1n) is 11.6. The lowest BCUT2D eigenvalue weighted by atomic mass is 9.65. The number of rotatable bonds is 3. The fourth-order valence-electron chi connectivity index (χ4n) is 6.18. The zero-order valence-electron chi connectivity index (χ0n) is 17.9. The smallest absolute Gasteiger partial charge is 0.356 e. The second-order valence-corrected chi connectivity index (χ2v) is 9.66. The highest BCUT2D eigenvalue weighted by Gasteiger charge is 2.46. The van der Waals surface area contributed by atoms with Crippen molar-refractivity contribution in [1.29, 1.82) is 0 Å². The molecule has 3 aliphatic heterocycles. The van der Waals surface area contributed by atoms with Crippen molar-refractivity contribution >= 4 is 11.8 Å². The molecule has 31 heavy (non-hydrogen) atoms. The van der Waals surface area contributed by atoms with Crippen molar-refractivity contribution in [3.8, 4) is 0 Å². The minimum Gasteiger partial charge on any atom is -0.356 e. The minimum atomic E-state index is -4.30. The van der Waals surface area contributed by atoms with E-state index < -0.39 is 24.3 Å². The molecule has 4 aliphatic rings. The van der Waals surface area contributed by atoms with Crippen LogP contribution in [0.15, 0.2) is 0 Å². The largest absolute Gasteiger partial charge is 0.403 e. The topological polar surface area (TPSA) is 94.3 Å². The van der Waals surface area contributed by atoms with Gasteiger partial charge in [-0.2, -0.15) is 13.2 Å². The van der Waals surface area contributed by atoms with Gasteiger partial charge in [-0.3, -0.25) is 9.59 Å². The van der Waals surface area contributed by atoms with Crippen molar-refractivity contribution in [2.75, 3.05) is 19.6 Å². The van der Waals surface area contributed by atoms with Crippen molar-refractivity contribution in [2.24, 2.45) is 17.8 Å². The average molecular weight is 446 g/mol. The summed E-state index contributed by atoms with van der Waals surface area (Å²) >= 11 is 0. The second kappa shape index (κ2) is 9.23. The summed E-state index contributed by atoms with van der Waals surface area (Å²) in [5.74, 6) is 0.763. The predicted octanol–water partition coefficient (Wildman–Crippen LogP) is 0.656. The molecule has 3 saturated heterocycles. The number of fused-ring (bicyclic) bond motifs is 1. The predicted molar refractivity (Wildman–Crippen MR) is 109 cm³/mol. The molecule has 8 unspecified atom stereocenters. The first-order valence-corrected chi connectivity index (χ1v) is 11.6. The van der Waals surface area contributed by atoms with E-state index in [4.69, 9.17) is 0 Å². The summed E-state index contributed by atoms with van der Waals surface area (Å²) in [6.07, 6.45) is 0.0923. The van der Waals surface area contributed by atoms with Crippen LogP contribution < -0.4 is 26.6 Å². The summed E-state index contributed by atoms with van der Waals surface area (Å²) in [5.41, 5.74) is 0. The molecule has 1 saturated carbocycles. The van der Waals surface area contributed by atoms with Gasteiger partial charge in [0.05, 0.1) is 6.04 Å². The van der Waals surface area contributed by atoms with Crippen LogP contribution in [-0.2, 0) is 9.59 Å².